The molecule has 1 aliphatic carbocycles. The number of phenolic OH excluding ortho intramolecular Hbond substituents is 1. The zero-order chi connectivity index (χ0) is 22.8. The highest BCUT2D eigenvalue weighted by Gasteiger charge is 2.30. The highest BCUT2D eigenvalue weighted by atomic mass is 79.9. The molecule has 1 aliphatic rings. The fourth-order valence-electron chi connectivity index (χ4n) is 3.98. The number of nitrogens with one attached hydrogen (secondary N) is 1. The molecule has 164 valence electrons. The number of phenols is 1. The summed E-state index contributed by atoms with van der Waals surface area (Å²) in [6.45, 7) is 0.0307. The van der Waals surface area contributed by atoms with Crippen LogP contribution in [-0.2, 0) is 16.0 Å². The van der Waals surface area contributed by atoms with Crippen molar-refractivity contribution < 1.29 is 28.9 Å². The van der Waals surface area contributed by atoms with Crippen molar-refractivity contribution in [1.29, 1.82) is 0 Å². The molecule has 6 nitrogen and oxygen atoms in total. The monoisotopic (exact) mass is 499 g/mol. The van der Waals surface area contributed by atoms with Gasteiger partial charge >= 0.3 is 12.1 Å². The molecule has 1 unspecified atom stereocenters. The van der Waals surface area contributed by atoms with Crippen LogP contribution in [0.2, 0.25) is 0 Å². The standard InChI is InChI=1S/C24H19BrFNO5/c25-14-9-13(22(28)20(26)11-14)10-21(23(29)30)27-24(31)32-12-19-17-7-3-1-5-15(17)16-6-2-4-8-18(16)19/h1-9,11,19,21,28H,10,12H2,(H,27,31)(H,29,30). The van der Waals surface area contributed by atoms with Gasteiger partial charge in [-0.2, -0.15) is 0 Å². The summed E-state index contributed by atoms with van der Waals surface area (Å²) in [5, 5.41) is 21.7. The third-order valence-electron chi connectivity index (χ3n) is 5.47. The Labute approximate surface area is 191 Å². The second-order valence-corrected chi connectivity index (χ2v) is 8.38. The third-order valence-corrected chi connectivity index (χ3v) is 5.92. The molecule has 3 N–H and O–H groups in total. The van der Waals surface area contributed by atoms with E-state index in [0.717, 1.165) is 28.3 Å². The first-order chi connectivity index (χ1) is 15.3. The van der Waals surface area contributed by atoms with E-state index >= 15 is 0 Å². The summed E-state index contributed by atoms with van der Waals surface area (Å²) in [7, 11) is 0. The molecular weight excluding hydrogens is 481 g/mol. The average molecular weight is 500 g/mol. The van der Waals surface area contributed by atoms with Gasteiger partial charge < -0.3 is 20.3 Å². The molecule has 1 amide bonds. The number of carboxylic acids is 1. The van der Waals surface area contributed by atoms with E-state index in [2.05, 4.69) is 21.2 Å². The van der Waals surface area contributed by atoms with Crippen LogP contribution in [-0.4, -0.2) is 34.9 Å². The average Bonchev–Trinajstić information content (AvgIpc) is 3.09. The van der Waals surface area contributed by atoms with Gasteiger partial charge in [-0.25, -0.2) is 14.0 Å². The number of hydrogen-bond donors (Lipinski definition) is 3. The lowest BCUT2D eigenvalue weighted by atomic mass is 9.98. The molecule has 0 radical (unpaired) electrons. The molecule has 1 atom stereocenters. The summed E-state index contributed by atoms with van der Waals surface area (Å²) in [5.74, 6) is -3.05. The first kappa shape index (κ1) is 21.8. The summed E-state index contributed by atoms with van der Waals surface area (Å²) >= 11 is 3.10. The SMILES string of the molecule is O=C(NC(Cc1cc(Br)cc(F)c1O)C(=O)O)OCC1c2ccccc2-c2ccccc21. The quantitative estimate of drug-likeness (QED) is 0.451. The largest absolute Gasteiger partial charge is 0.505 e. The number of alkyl carbamates (subject to hydrolysis) is 1. The minimum atomic E-state index is -1.41. The number of amides is 1. The van der Waals surface area contributed by atoms with Crippen molar-refractivity contribution in [2.24, 2.45) is 0 Å². The number of rotatable bonds is 6. The van der Waals surface area contributed by atoms with E-state index in [-0.39, 0.29) is 24.5 Å². The molecule has 3 aromatic carbocycles. The van der Waals surface area contributed by atoms with Crippen molar-refractivity contribution in [2.45, 2.75) is 18.4 Å². The molecule has 0 bridgehead atoms. The Morgan fingerprint density at radius 1 is 1.06 bits per heavy atom. The van der Waals surface area contributed by atoms with Crippen LogP contribution in [0.4, 0.5) is 9.18 Å². The Bertz CT molecular complexity index is 1150. The van der Waals surface area contributed by atoms with Gasteiger partial charge in [0.25, 0.3) is 0 Å². The van der Waals surface area contributed by atoms with Gasteiger partial charge in [-0.15, -0.1) is 0 Å². The highest BCUT2D eigenvalue weighted by molar-refractivity contribution is 9.10. The maximum absolute atomic E-state index is 13.8. The van der Waals surface area contributed by atoms with Crippen molar-refractivity contribution in [3.63, 3.8) is 0 Å². The van der Waals surface area contributed by atoms with Gasteiger partial charge in [0.1, 0.15) is 12.6 Å². The summed E-state index contributed by atoms with van der Waals surface area (Å²) in [6.07, 6.45) is -1.23. The minimum absolute atomic E-state index is 0.0307. The summed E-state index contributed by atoms with van der Waals surface area (Å²) in [5.41, 5.74) is 4.26. The first-order valence-electron chi connectivity index (χ1n) is 9.86. The second kappa shape index (κ2) is 9.00. The Kier molecular flexibility index (Phi) is 6.14. The number of aromatic hydroxyl groups is 1. The van der Waals surface area contributed by atoms with Gasteiger partial charge in [0.05, 0.1) is 0 Å². The normalized spacial score (nSPS) is 13.2. The Hall–Kier alpha value is -3.39. The number of carbonyl (C=O) groups is 2. The van der Waals surface area contributed by atoms with Crippen LogP contribution in [0.15, 0.2) is 65.1 Å². The maximum Gasteiger partial charge on any atom is 0.407 e. The number of carboxylic acid groups (broad SMARTS) is 1. The molecule has 0 saturated carbocycles. The summed E-state index contributed by atoms with van der Waals surface area (Å²) in [4.78, 5) is 24.1. The number of halogens is 2. The third kappa shape index (κ3) is 4.31. The van der Waals surface area contributed by atoms with Crippen LogP contribution in [0.1, 0.15) is 22.6 Å². The van der Waals surface area contributed by atoms with Crippen LogP contribution >= 0.6 is 15.9 Å². The Balaban J connectivity index is 1.46. The van der Waals surface area contributed by atoms with E-state index in [1.165, 1.54) is 6.07 Å². The van der Waals surface area contributed by atoms with Crippen molar-refractivity contribution in [2.75, 3.05) is 6.61 Å². The maximum atomic E-state index is 13.8. The number of fused-ring (bicyclic) bond motifs is 3. The fraction of sp³-hybridized carbons (Fsp3) is 0.167. The van der Waals surface area contributed by atoms with Crippen molar-refractivity contribution in [1.82, 2.24) is 5.32 Å². The van der Waals surface area contributed by atoms with E-state index < -0.39 is 29.7 Å². The van der Waals surface area contributed by atoms with E-state index in [0.29, 0.717) is 4.47 Å². The number of ether oxygens (including phenoxy) is 1. The first-order valence-corrected chi connectivity index (χ1v) is 10.7. The van der Waals surface area contributed by atoms with Crippen LogP contribution < -0.4 is 5.32 Å². The van der Waals surface area contributed by atoms with Gasteiger partial charge in [0.2, 0.25) is 0 Å². The smallest absolute Gasteiger partial charge is 0.407 e. The number of carbonyl (C=O) groups excluding carboxylic acids is 1. The van der Waals surface area contributed by atoms with Gasteiger partial charge in [-0.3, -0.25) is 0 Å². The molecule has 0 heterocycles. The van der Waals surface area contributed by atoms with Gasteiger partial charge in [-0.05, 0) is 34.4 Å². The molecule has 3 aromatic rings. The number of hydrogen-bond acceptors (Lipinski definition) is 4. The Morgan fingerprint density at radius 2 is 1.66 bits per heavy atom. The number of benzene rings is 3. The zero-order valence-electron chi connectivity index (χ0n) is 16.7. The van der Waals surface area contributed by atoms with Crippen LogP contribution in [0.5, 0.6) is 5.75 Å². The zero-order valence-corrected chi connectivity index (χ0v) is 18.3. The van der Waals surface area contributed by atoms with Crippen LogP contribution in [0, 0.1) is 5.82 Å². The van der Waals surface area contributed by atoms with Crippen LogP contribution in [0.3, 0.4) is 0 Å². The topological polar surface area (TPSA) is 95.9 Å². The van der Waals surface area contributed by atoms with Gasteiger partial charge in [0, 0.05) is 22.4 Å². The summed E-state index contributed by atoms with van der Waals surface area (Å²) < 4.78 is 19.5. The van der Waals surface area contributed by atoms with Crippen molar-refractivity contribution in [3.05, 3.63) is 87.6 Å². The highest BCUT2D eigenvalue weighted by Crippen LogP contribution is 2.44. The van der Waals surface area contributed by atoms with Gasteiger partial charge in [-0.1, -0.05) is 64.5 Å². The molecule has 32 heavy (non-hydrogen) atoms. The van der Waals surface area contributed by atoms with Crippen LogP contribution in [0.25, 0.3) is 11.1 Å². The van der Waals surface area contributed by atoms with Crippen molar-refractivity contribution in [3.8, 4) is 16.9 Å². The lowest BCUT2D eigenvalue weighted by Crippen LogP contribution is -2.43. The molecule has 0 aromatic heterocycles. The lowest BCUT2D eigenvalue weighted by Gasteiger charge is -2.18. The molecule has 0 spiro atoms. The van der Waals surface area contributed by atoms with E-state index in [1.54, 1.807) is 0 Å². The molecule has 0 fully saturated rings. The predicted octanol–water partition coefficient (Wildman–Crippen LogP) is 4.83. The van der Waals surface area contributed by atoms with E-state index in [9.17, 15) is 24.2 Å². The van der Waals surface area contributed by atoms with E-state index in [1.807, 2.05) is 48.5 Å². The molecule has 0 saturated heterocycles. The van der Waals surface area contributed by atoms with Gasteiger partial charge in [0.15, 0.2) is 11.6 Å². The minimum Gasteiger partial charge on any atom is -0.505 e. The Morgan fingerprint density at radius 3 is 2.25 bits per heavy atom. The van der Waals surface area contributed by atoms with Crippen molar-refractivity contribution >= 4 is 28.0 Å². The molecule has 0 aliphatic heterocycles. The number of aliphatic carboxylic acids is 1. The van der Waals surface area contributed by atoms with E-state index in [4.69, 9.17) is 4.74 Å². The summed E-state index contributed by atoms with van der Waals surface area (Å²) in [6, 6.07) is 16.8. The lowest BCUT2D eigenvalue weighted by molar-refractivity contribution is -0.139. The predicted molar refractivity (Wildman–Crippen MR) is 119 cm³/mol. The molecule has 8 heteroatoms. The molecule has 4 rings (SSSR count). The second-order valence-electron chi connectivity index (χ2n) is 7.46. The molecular formula is C24H19BrFNO5. The fourth-order valence-corrected chi connectivity index (χ4v) is 4.45.